The minimum atomic E-state index is -0.162. The molecule has 7 heteroatoms. The van der Waals surface area contributed by atoms with Crippen LogP contribution in [0.15, 0.2) is 49.0 Å². The van der Waals surface area contributed by atoms with Crippen LogP contribution in [-0.2, 0) is 9.53 Å². The highest BCUT2D eigenvalue weighted by atomic mass is 16.5. The van der Waals surface area contributed by atoms with Crippen LogP contribution in [0.4, 0.5) is 5.69 Å². The molecule has 30 heavy (non-hydrogen) atoms. The number of anilines is 1. The molecule has 0 spiro atoms. The summed E-state index contributed by atoms with van der Waals surface area (Å²) in [5.74, 6) is 0.560. The van der Waals surface area contributed by atoms with Gasteiger partial charge in [-0.05, 0) is 37.1 Å². The summed E-state index contributed by atoms with van der Waals surface area (Å²) in [6.07, 6.45) is 2.21. The van der Waals surface area contributed by atoms with Crippen LogP contribution in [0.3, 0.4) is 0 Å². The average Bonchev–Trinajstić information content (AvgIpc) is 3.47. The maximum Gasteiger partial charge on any atom is 0.258 e. The fourth-order valence-corrected chi connectivity index (χ4v) is 4.06. The summed E-state index contributed by atoms with van der Waals surface area (Å²) in [6, 6.07) is 12.9. The Balaban J connectivity index is 1.23. The summed E-state index contributed by atoms with van der Waals surface area (Å²) in [5.41, 5.74) is 4.49. The molecular formula is C23H22N4O3. The first-order valence-corrected chi connectivity index (χ1v) is 10.1. The lowest BCUT2D eigenvalue weighted by Crippen LogP contribution is -2.27. The van der Waals surface area contributed by atoms with Gasteiger partial charge in [0.05, 0.1) is 11.0 Å². The van der Waals surface area contributed by atoms with Gasteiger partial charge in [0, 0.05) is 42.1 Å². The fraction of sp³-hybridized carbons (Fsp3) is 0.261. The van der Waals surface area contributed by atoms with Gasteiger partial charge in [-0.15, -0.1) is 0 Å². The van der Waals surface area contributed by atoms with Crippen molar-refractivity contribution >= 4 is 34.2 Å². The highest BCUT2D eigenvalue weighted by Gasteiger charge is 2.30. The highest BCUT2D eigenvalue weighted by Crippen LogP contribution is 2.31. The number of H-pyrrole nitrogens is 1. The Labute approximate surface area is 173 Å². The Bertz CT molecular complexity index is 1130. The van der Waals surface area contributed by atoms with Gasteiger partial charge in [-0.1, -0.05) is 24.8 Å². The molecule has 3 aromatic rings. The summed E-state index contributed by atoms with van der Waals surface area (Å²) in [6.45, 7) is 5.06. The van der Waals surface area contributed by atoms with Gasteiger partial charge in [0.15, 0.2) is 0 Å². The van der Waals surface area contributed by atoms with Crippen LogP contribution in [-0.4, -0.2) is 39.8 Å². The van der Waals surface area contributed by atoms with Crippen molar-refractivity contribution in [2.24, 2.45) is 0 Å². The lowest BCUT2D eigenvalue weighted by atomic mass is 10.1. The average molecular weight is 402 g/mol. The molecule has 152 valence electrons. The molecule has 7 nitrogen and oxygen atoms in total. The van der Waals surface area contributed by atoms with Crippen molar-refractivity contribution in [3.63, 3.8) is 0 Å². The van der Waals surface area contributed by atoms with E-state index in [0.29, 0.717) is 16.9 Å². The Morgan fingerprint density at radius 2 is 2.10 bits per heavy atom. The summed E-state index contributed by atoms with van der Waals surface area (Å²) in [5, 5.41) is 2.90. The summed E-state index contributed by atoms with van der Waals surface area (Å²) in [7, 11) is 0. The molecule has 1 unspecified atom stereocenters. The monoisotopic (exact) mass is 402 g/mol. The topological polar surface area (TPSA) is 87.3 Å². The van der Waals surface area contributed by atoms with Crippen LogP contribution in [0.25, 0.3) is 16.7 Å². The van der Waals surface area contributed by atoms with Crippen molar-refractivity contribution < 1.29 is 14.3 Å². The number of amides is 2. The number of carbonyl (C=O) groups is 2. The van der Waals surface area contributed by atoms with E-state index in [4.69, 9.17) is 4.74 Å². The first-order valence-electron chi connectivity index (χ1n) is 10.1. The van der Waals surface area contributed by atoms with E-state index in [1.165, 1.54) is 0 Å². The third-order valence-electron chi connectivity index (χ3n) is 5.62. The van der Waals surface area contributed by atoms with Crippen molar-refractivity contribution in [3.8, 4) is 0 Å². The lowest BCUT2D eigenvalue weighted by molar-refractivity contribution is -0.116. The van der Waals surface area contributed by atoms with Crippen LogP contribution < -0.4 is 5.32 Å². The Kier molecular flexibility index (Phi) is 4.59. The van der Waals surface area contributed by atoms with E-state index in [1.54, 1.807) is 11.0 Å². The number of nitrogens with zero attached hydrogens (tertiary/aromatic N) is 2. The van der Waals surface area contributed by atoms with E-state index in [1.807, 2.05) is 36.4 Å². The van der Waals surface area contributed by atoms with Gasteiger partial charge in [-0.2, -0.15) is 0 Å². The molecular weight excluding hydrogens is 380 g/mol. The zero-order chi connectivity index (χ0) is 20.7. The molecule has 5 rings (SSSR count). The van der Waals surface area contributed by atoms with Crippen molar-refractivity contribution in [3.05, 3.63) is 66.0 Å². The Morgan fingerprint density at radius 3 is 2.87 bits per heavy atom. The normalized spacial score (nSPS) is 18.3. The molecule has 0 radical (unpaired) electrons. The molecule has 0 saturated carbocycles. The van der Waals surface area contributed by atoms with Gasteiger partial charge in [0.2, 0.25) is 5.91 Å². The van der Waals surface area contributed by atoms with Crippen molar-refractivity contribution in [2.45, 2.75) is 25.4 Å². The largest absolute Gasteiger partial charge is 0.370 e. The lowest BCUT2D eigenvalue weighted by Gasteiger charge is -2.17. The first-order chi connectivity index (χ1) is 14.6. The van der Waals surface area contributed by atoms with Crippen LogP contribution in [0, 0.1) is 0 Å². The van der Waals surface area contributed by atoms with E-state index < -0.39 is 0 Å². The Hall–Kier alpha value is -3.45. The predicted octanol–water partition coefficient (Wildman–Crippen LogP) is 3.87. The van der Waals surface area contributed by atoms with Crippen LogP contribution in [0.5, 0.6) is 0 Å². The number of hydrogen-bond acceptors (Lipinski definition) is 4. The van der Waals surface area contributed by atoms with Gasteiger partial charge < -0.3 is 19.9 Å². The zero-order valence-electron chi connectivity index (χ0n) is 16.5. The molecule has 1 aromatic heterocycles. The minimum Gasteiger partial charge on any atom is -0.370 e. The second-order valence-electron chi connectivity index (χ2n) is 7.60. The number of hydrogen-bond donors (Lipinski definition) is 2. The minimum absolute atomic E-state index is 0.0191. The quantitative estimate of drug-likeness (QED) is 0.678. The van der Waals surface area contributed by atoms with E-state index in [9.17, 15) is 9.59 Å². The molecule has 1 fully saturated rings. The molecule has 0 bridgehead atoms. The standard InChI is InChI=1S/C23H22N4O3/c1-14-16-5-2-3-6-17(16)23(29)27(14)11-10-21(28)24-15-8-9-18-19(13-15)26-22(25-18)20-7-4-12-30-20/h2-3,5-6,8-9,13,20H,1,4,7,10-12H2,(H,24,28)(H,25,26). The van der Waals surface area contributed by atoms with Gasteiger partial charge in [0.1, 0.15) is 11.9 Å². The zero-order valence-corrected chi connectivity index (χ0v) is 16.5. The fourth-order valence-electron chi connectivity index (χ4n) is 4.06. The maximum absolute atomic E-state index is 12.5. The number of fused-ring (bicyclic) bond motifs is 2. The molecule has 2 amide bonds. The summed E-state index contributed by atoms with van der Waals surface area (Å²) < 4.78 is 5.68. The van der Waals surface area contributed by atoms with Gasteiger partial charge >= 0.3 is 0 Å². The number of aromatic amines is 1. The summed E-state index contributed by atoms with van der Waals surface area (Å²) >= 11 is 0. The highest BCUT2D eigenvalue weighted by molar-refractivity contribution is 6.09. The number of nitrogens with one attached hydrogen (secondary N) is 2. The van der Waals surface area contributed by atoms with Crippen molar-refractivity contribution in [1.29, 1.82) is 0 Å². The first kappa shape index (κ1) is 18.6. The van der Waals surface area contributed by atoms with Crippen LogP contribution >= 0.6 is 0 Å². The number of carbonyl (C=O) groups excluding carboxylic acids is 2. The van der Waals surface area contributed by atoms with Gasteiger partial charge in [0.25, 0.3) is 5.91 Å². The number of benzene rings is 2. The van der Waals surface area contributed by atoms with E-state index in [0.717, 1.165) is 41.9 Å². The smallest absolute Gasteiger partial charge is 0.258 e. The molecule has 1 atom stereocenters. The molecule has 3 heterocycles. The van der Waals surface area contributed by atoms with Gasteiger partial charge in [-0.25, -0.2) is 4.98 Å². The molecule has 1 saturated heterocycles. The Morgan fingerprint density at radius 1 is 1.27 bits per heavy atom. The van der Waals surface area contributed by atoms with E-state index in [-0.39, 0.29) is 30.9 Å². The second-order valence-corrected chi connectivity index (χ2v) is 7.60. The number of rotatable bonds is 5. The van der Waals surface area contributed by atoms with Crippen LogP contribution in [0.2, 0.25) is 0 Å². The van der Waals surface area contributed by atoms with Crippen molar-refractivity contribution in [1.82, 2.24) is 14.9 Å². The molecule has 0 aliphatic carbocycles. The second kappa shape index (κ2) is 7.42. The molecule has 2 N–H and O–H groups in total. The van der Waals surface area contributed by atoms with E-state index in [2.05, 4.69) is 21.9 Å². The van der Waals surface area contributed by atoms with Gasteiger partial charge in [-0.3, -0.25) is 9.59 Å². The maximum atomic E-state index is 12.5. The summed E-state index contributed by atoms with van der Waals surface area (Å²) in [4.78, 5) is 34.5. The number of imidazole rings is 1. The van der Waals surface area contributed by atoms with E-state index >= 15 is 0 Å². The molecule has 2 aliphatic rings. The van der Waals surface area contributed by atoms with Crippen LogP contribution in [0.1, 0.15) is 47.1 Å². The SMILES string of the molecule is C=C1c2ccccc2C(=O)N1CCC(=O)Nc1ccc2nc(C3CCCO3)[nH]c2c1. The molecule has 2 aromatic carbocycles. The number of aromatic nitrogens is 2. The van der Waals surface area contributed by atoms with Crippen molar-refractivity contribution in [2.75, 3.05) is 18.5 Å². The third kappa shape index (κ3) is 3.27. The molecule has 2 aliphatic heterocycles. The number of ether oxygens (including phenoxy) is 1. The predicted molar refractivity (Wildman–Crippen MR) is 114 cm³/mol. The third-order valence-corrected chi connectivity index (χ3v) is 5.62.